The van der Waals surface area contributed by atoms with Crippen molar-refractivity contribution in [3.05, 3.63) is 63.1 Å². The Bertz CT molecular complexity index is 688. The number of rotatable bonds is 3. The summed E-state index contributed by atoms with van der Waals surface area (Å²) in [6.07, 6.45) is 0. The van der Waals surface area contributed by atoms with Gasteiger partial charge in [0.05, 0.1) is 16.1 Å². The Labute approximate surface area is 128 Å². The summed E-state index contributed by atoms with van der Waals surface area (Å²) >= 11 is 9.12. The Balaban J connectivity index is 2.28. The van der Waals surface area contributed by atoms with Gasteiger partial charge in [-0.2, -0.15) is 0 Å². The molecule has 0 saturated heterocycles. The summed E-state index contributed by atoms with van der Waals surface area (Å²) in [4.78, 5) is 23.2. The molecule has 2 aromatic carbocycles. The summed E-state index contributed by atoms with van der Waals surface area (Å²) in [5.74, 6) is -1.63. The number of aromatic carboxylic acids is 1. The fraction of sp³-hybridized carbons (Fsp3) is 0. The van der Waals surface area contributed by atoms with Crippen molar-refractivity contribution in [3.8, 4) is 0 Å². The molecule has 0 aliphatic carbocycles. The zero-order valence-electron chi connectivity index (χ0n) is 10.1. The fourth-order valence-electron chi connectivity index (χ4n) is 1.64. The van der Waals surface area contributed by atoms with E-state index in [1.54, 1.807) is 30.3 Å². The van der Waals surface area contributed by atoms with E-state index in [0.29, 0.717) is 15.2 Å². The van der Waals surface area contributed by atoms with E-state index in [1.807, 2.05) is 0 Å². The molecule has 0 aromatic heterocycles. The number of anilines is 1. The zero-order chi connectivity index (χ0) is 14.7. The van der Waals surface area contributed by atoms with Crippen LogP contribution >= 0.6 is 27.5 Å². The van der Waals surface area contributed by atoms with E-state index >= 15 is 0 Å². The number of carboxylic acids is 1. The van der Waals surface area contributed by atoms with Gasteiger partial charge < -0.3 is 10.4 Å². The van der Waals surface area contributed by atoms with E-state index in [0.717, 1.165) is 0 Å². The van der Waals surface area contributed by atoms with Crippen molar-refractivity contribution in [2.45, 2.75) is 0 Å². The molecule has 0 bridgehead atoms. The van der Waals surface area contributed by atoms with Crippen LogP contribution in [0, 0.1) is 0 Å². The SMILES string of the molecule is O=C(O)c1ccccc1C(=O)Nc1ccc(Cl)c(Br)c1. The minimum atomic E-state index is -1.15. The van der Waals surface area contributed by atoms with Gasteiger partial charge in [-0.3, -0.25) is 4.79 Å². The molecular formula is C14H9BrClNO3. The van der Waals surface area contributed by atoms with E-state index in [1.165, 1.54) is 12.1 Å². The summed E-state index contributed by atoms with van der Waals surface area (Å²) in [5, 5.41) is 12.2. The molecule has 0 fully saturated rings. The molecule has 4 nitrogen and oxygen atoms in total. The van der Waals surface area contributed by atoms with Crippen molar-refractivity contribution in [2.24, 2.45) is 0 Å². The maximum absolute atomic E-state index is 12.1. The molecule has 0 atom stereocenters. The summed E-state index contributed by atoms with van der Waals surface area (Å²) < 4.78 is 0.642. The highest BCUT2D eigenvalue weighted by molar-refractivity contribution is 9.10. The number of amides is 1. The molecule has 6 heteroatoms. The third-order valence-corrected chi connectivity index (χ3v) is 3.79. The van der Waals surface area contributed by atoms with Gasteiger partial charge in [0.25, 0.3) is 5.91 Å². The van der Waals surface area contributed by atoms with Crippen LogP contribution in [0.1, 0.15) is 20.7 Å². The lowest BCUT2D eigenvalue weighted by Gasteiger charge is -2.08. The van der Waals surface area contributed by atoms with Gasteiger partial charge >= 0.3 is 5.97 Å². The lowest BCUT2D eigenvalue weighted by Crippen LogP contribution is -2.16. The van der Waals surface area contributed by atoms with E-state index < -0.39 is 11.9 Å². The molecule has 0 radical (unpaired) electrons. The highest BCUT2D eigenvalue weighted by Crippen LogP contribution is 2.26. The second-order valence-electron chi connectivity index (χ2n) is 3.93. The van der Waals surface area contributed by atoms with Gasteiger partial charge in [-0.15, -0.1) is 0 Å². The normalized spacial score (nSPS) is 10.1. The van der Waals surface area contributed by atoms with Crippen LogP contribution in [0.2, 0.25) is 5.02 Å². The average molecular weight is 355 g/mol. The summed E-state index contributed by atoms with van der Waals surface area (Å²) in [7, 11) is 0. The number of benzene rings is 2. The van der Waals surface area contributed by atoms with Crippen LogP contribution < -0.4 is 5.32 Å². The molecule has 0 spiro atoms. The Morgan fingerprint density at radius 2 is 1.75 bits per heavy atom. The standard InChI is InChI=1S/C14H9BrClNO3/c15-11-7-8(5-6-12(11)16)17-13(18)9-3-1-2-4-10(9)14(19)20/h1-7H,(H,17,18)(H,19,20). The predicted octanol–water partition coefficient (Wildman–Crippen LogP) is 4.05. The Morgan fingerprint density at radius 3 is 2.35 bits per heavy atom. The van der Waals surface area contributed by atoms with Crippen molar-refractivity contribution in [1.29, 1.82) is 0 Å². The van der Waals surface area contributed by atoms with Crippen molar-refractivity contribution in [1.82, 2.24) is 0 Å². The van der Waals surface area contributed by atoms with Gasteiger partial charge in [-0.25, -0.2) is 4.79 Å². The van der Waals surface area contributed by atoms with Gasteiger partial charge in [-0.1, -0.05) is 23.7 Å². The first-order chi connectivity index (χ1) is 9.49. The maximum atomic E-state index is 12.1. The monoisotopic (exact) mass is 353 g/mol. The van der Waals surface area contributed by atoms with Crippen molar-refractivity contribution < 1.29 is 14.7 Å². The van der Waals surface area contributed by atoms with Crippen LogP contribution in [0.15, 0.2) is 46.9 Å². The van der Waals surface area contributed by atoms with Crippen LogP contribution in [0.3, 0.4) is 0 Å². The van der Waals surface area contributed by atoms with Gasteiger partial charge in [-0.05, 0) is 46.3 Å². The minimum Gasteiger partial charge on any atom is -0.478 e. The zero-order valence-corrected chi connectivity index (χ0v) is 12.4. The van der Waals surface area contributed by atoms with Crippen LogP contribution in [0.25, 0.3) is 0 Å². The number of carbonyl (C=O) groups excluding carboxylic acids is 1. The molecule has 1 amide bonds. The molecule has 20 heavy (non-hydrogen) atoms. The molecule has 0 aliphatic rings. The number of halogens is 2. The lowest BCUT2D eigenvalue weighted by atomic mass is 10.1. The fourth-order valence-corrected chi connectivity index (χ4v) is 2.14. The predicted molar refractivity (Wildman–Crippen MR) is 80.5 cm³/mol. The van der Waals surface area contributed by atoms with Crippen molar-refractivity contribution in [2.75, 3.05) is 5.32 Å². The first-order valence-electron chi connectivity index (χ1n) is 5.58. The molecule has 0 unspecified atom stereocenters. The second kappa shape index (κ2) is 6.07. The number of carboxylic acid groups (broad SMARTS) is 1. The summed E-state index contributed by atoms with van der Waals surface area (Å²) in [6.45, 7) is 0. The second-order valence-corrected chi connectivity index (χ2v) is 5.20. The third-order valence-electron chi connectivity index (χ3n) is 2.58. The van der Waals surface area contributed by atoms with Crippen LogP contribution in [-0.2, 0) is 0 Å². The van der Waals surface area contributed by atoms with Crippen molar-refractivity contribution in [3.63, 3.8) is 0 Å². The van der Waals surface area contributed by atoms with E-state index in [9.17, 15) is 9.59 Å². The minimum absolute atomic E-state index is 0.0435. The molecular weight excluding hydrogens is 346 g/mol. The first kappa shape index (κ1) is 14.6. The first-order valence-corrected chi connectivity index (χ1v) is 6.75. The highest BCUT2D eigenvalue weighted by atomic mass is 79.9. The lowest BCUT2D eigenvalue weighted by molar-refractivity contribution is 0.0692. The van der Waals surface area contributed by atoms with Gasteiger partial charge in [0, 0.05) is 10.2 Å². The molecule has 0 aliphatic heterocycles. The molecule has 0 saturated carbocycles. The third kappa shape index (κ3) is 3.18. The van der Waals surface area contributed by atoms with E-state index in [2.05, 4.69) is 21.2 Å². The number of carbonyl (C=O) groups is 2. The van der Waals surface area contributed by atoms with E-state index in [4.69, 9.17) is 16.7 Å². The Morgan fingerprint density at radius 1 is 1.10 bits per heavy atom. The number of hydrogen-bond acceptors (Lipinski definition) is 2. The molecule has 0 heterocycles. The van der Waals surface area contributed by atoms with Gasteiger partial charge in [0.1, 0.15) is 0 Å². The van der Waals surface area contributed by atoms with E-state index in [-0.39, 0.29) is 11.1 Å². The molecule has 2 rings (SSSR count). The smallest absolute Gasteiger partial charge is 0.336 e. The average Bonchev–Trinajstić information content (AvgIpc) is 2.43. The largest absolute Gasteiger partial charge is 0.478 e. The summed E-state index contributed by atoms with van der Waals surface area (Å²) in [6, 6.07) is 10.9. The Hall–Kier alpha value is -1.85. The van der Waals surface area contributed by atoms with Gasteiger partial charge in [0.2, 0.25) is 0 Å². The molecule has 2 N–H and O–H groups in total. The topological polar surface area (TPSA) is 66.4 Å². The van der Waals surface area contributed by atoms with Gasteiger partial charge in [0.15, 0.2) is 0 Å². The number of nitrogens with one attached hydrogen (secondary N) is 1. The number of hydrogen-bond donors (Lipinski definition) is 2. The van der Waals surface area contributed by atoms with Crippen molar-refractivity contribution >= 4 is 45.1 Å². The highest BCUT2D eigenvalue weighted by Gasteiger charge is 2.15. The van der Waals surface area contributed by atoms with Crippen LogP contribution in [0.4, 0.5) is 5.69 Å². The van der Waals surface area contributed by atoms with Crippen LogP contribution in [0.5, 0.6) is 0 Å². The summed E-state index contributed by atoms with van der Waals surface area (Å²) in [5.41, 5.74) is 0.579. The quantitative estimate of drug-likeness (QED) is 0.874. The van der Waals surface area contributed by atoms with Crippen LogP contribution in [-0.4, -0.2) is 17.0 Å². The molecule has 2 aromatic rings. The maximum Gasteiger partial charge on any atom is 0.336 e. The Kier molecular flexibility index (Phi) is 4.42. The molecule has 102 valence electrons.